The van der Waals surface area contributed by atoms with E-state index in [2.05, 4.69) is 9.89 Å². The summed E-state index contributed by atoms with van der Waals surface area (Å²) in [6.07, 6.45) is 1.60. The van der Waals surface area contributed by atoms with E-state index in [1.807, 2.05) is 18.2 Å². The highest BCUT2D eigenvalue weighted by Crippen LogP contribution is 2.32. The first-order valence-electron chi connectivity index (χ1n) is 7.71. The lowest BCUT2D eigenvalue weighted by Crippen LogP contribution is -2.36. The summed E-state index contributed by atoms with van der Waals surface area (Å²) < 4.78 is 10.5. The molecule has 1 aliphatic rings. The van der Waals surface area contributed by atoms with Crippen LogP contribution in [0.2, 0.25) is 5.02 Å². The van der Waals surface area contributed by atoms with Crippen molar-refractivity contribution in [1.82, 2.24) is 0 Å². The summed E-state index contributed by atoms with van der Waals surface area (Å²) in [5.41, 5.74) is 2.30. The van der Waals surface area contributed by atoms with Gasteiger partial charge >= 0.3 is 0 Å². The number of hydrogen-bond acceptors (Lipinski definition) is 5. The number of aliphatic imine (C=N–C) groups is 1. The molecule has 6 heteroatoms. The number of anilines is 1. The lowest BCUT2D eigenvalue weighted by atomic mass is 10.2. The van der Waals surface area contributed by atoms with Crippen molar-refractivity contribution in [1.29, 1.82) is 0 Å². The second kappa shape index (κ2) is 7.55. The number of aromatic hydroxyl groups is 1. The smallest absolute Gasteiger partial charge is 0.166 e. The molecule has 126 valence electrons. The zero-order chi connectivity index (χ0) is 16.9. The van der Waals surface area contributed by atoms with E-state index in [9.17, 15) is 5.11 Å². The molecule has 0 aromatic heterocycles. The molecule has 0 radical (unpaired) electrons. The molecule has 0 atom stereocenters. The molecule has 0 saturated carbocycles. The number of ether oxygens (including phenoxy) is 2. The number of para-hydroxylation sites is 1. The molecule has 0 bridgehead atoms. The zero-order valence-electron chi connectivity index (χ0n) is 13.4. The molecule has 2 aromatic rings. The number of phenols is 1. The fourth-order valence-electron chi connectivity index (χ4n) is 2.59. The Balaban J connectivity index is 1.79. The maximum Gasteiger partial charge on any atom is 0.166 e. The summed E-state index contributed by atoms with van der Waals surface area (Å²) in [5, 5.41) is 10.7. The van der Waals surface area contributed by atoms with E-state index < -0.39 is 0 Å². The van der Waals surface area contributed by atoms with Gasteiger partial charge in [0.05, 0.1) is 36.7 Å². The third kappa shape index (κ3) is 3.63. The minimum Gasteiger partial charge on any atom is -0.504 e. The van der Waals surface area contributed by atoms with Gasteiger partial charge in [0.25, 0.3) is 0 Å². The Kier molecular flexibility index (Phi) is 5.23. The molecule has 1 saturated heterocycles. The van der Waals surface area contributed by atoms with Gasteiger partial charge in [0, 0.05) is 24.9 Å². The molecule has 0 spiro atoms. The van der Waals surface area contributed by atoms with Crippen LogP contribution in [-0.2, 0) is 4.74 Å². The minimum atomic E-state index is 0.0692. The van der Waals surface area contributed by atoms with Crippen molar-refractivity contribution in [3.05, 3.63) is 47.0 Å². The van der Waals surface area contributed by atoms with Crippen LogP contribution in [0.1, 0.15) is 5.56 Å². The first-order valence-corrected chi connectivity index (χ1v) is 8.09. The number of rotatable bonds is 4. The van der Waals surface area contributed by atoms with Crippen molar-refractivity contribution >= 4 is 29.2 Å². The van der Waals surface area contributed by atoms with Gasteiger partial charge in [-0.25, -0.2) is 0 Å². The van der Waals surface area contributed by atoms with Crippen LogP contribution >= 0.6 is 11.6 Å². The number of phenolic OH excluding ortho intramolecular Hbond substituents is 1. The Morgan fingerprint density at radius 1 is 1.25 bits per heavy atom. The van der Waals surface area contributed by atoms with E-state index in [1.165, 1.54) is 7.11 Å². The zero-order valence-corrected chi connectivity index (χ0v) is 14.2. The Bertz CT molecular complexity index is 743. The summed E-state index contributed by atoms with van der Waals surface area (Å²) in [7, 11) is 1.51. The number of morpholine rings is 1. The van der Waals surface area contributed by atoms with Gasteiger partial charge in [-0.3, -0.25) is 4.99 Å². The summed E-state index contributed by atoms with van der Waals surface area (Å²) in [6.45, 7) is 3.09. The minimum absolute atomic E-state index is 0.0692. The molecule has 2 aromatic carbocycles. The van der Waals surface area contributed by atoms with E-state index in [0.29, 0.717) is 29.5 Å². The van der Waals surface area contributed by atoms with Crippen molar-refractivity contribution in [2.75, 3.05) is 38.3 Å². The molecule has 1 fully saturated rings. The van der Waals surface area contributed by atoms with Gasteiger partial charge in [-0.15, -0.1) is 0 Å². The van der Waals surface area contributed by atoms with Crippen molar-refractivity contribution < 1.29 is 14.6 Å². The molecule has 0 unspecified atom stereocenters. The summed E-state index contributed by atoms with van der Waals surface area (Å²) in [6, 6.07) is 11.0. The Morgan fingerprint density at radius 3 is 2.75 bits per heavy atom. The van der Waals surface area contributed by atoms with E-state index in [-0.39, 0.29) is 5.75 Å². The average Bonchev–Trinajstić information content (AvgIpc) is 2.62. The highest BCUT2D eigenvalue weighted by atomic mass is 35.5. The van der Waals surface area contributed by atoms with Crippen LogP contribution in [0.15, 0.2) is 41.4 Å². The molecule has 3 rings (SSSR count). The first-order chi connectivity index (χ1) is 11.7. The van der Waals surface area contributed by atoms with Gasteiger partial charge < -0.3 is 19.5 Å². The second-order valence-electron chi connectivity index (χ2n) is 5.39. The lowest BCUT2D eigenvalue weighted by molar-refractivity contribution is 0.122. The maximum atomic E-state index is 10.1. The number of nitrogens with zero attached hydrogens (tertiary/aromatic N) is 2. The number of halogens is 1. The molecule has 1 heterocycles. The largest absolute Gasteiger partial charge is 0.504 e. The van der Waals surface area contributed by atoms with Gasteiger partial charge in [0.2, 0.25) is 0 Å². The first kappa shape index (κ1) is 16.6. The van der Waals surface area contributed by atoms with Crippen LogP contribution in [0.25, 0.3) is 0 Å². The van der Waals surface area contributed by atoms with E-state index in [0.717, 1.165) is 24.5 Å². The SMILES string of the molecule is COc1cccc(C=Nc2ccc(N3CCOCC3)c(Cl)c2)c1O. The molecular formula is C18H19ClN2O3. The standard InChI is InChI=1S/C18H19ClN2O3/c1-23-17-4-2-3-13(18(17)22)12-20-14-5-6-16(15(19)11-14)21-7-9-24-10-8-21/h2-6,11-12,22H,7-10H2,1H3. The third-order valence-electron chi connectivity index (χ3n) is 3.89. The molecule has 5 nitrogen and oxygen atoms in total. The van der Waals surface area contributed by atoms with Gasteiger partial charge in [0.15, 0.2) is 11.5 Å². The summed E-state index contributed by atoms with van der Waals surface area (Å²) in [5.74, 6) is 0.486. The fraction of sp³-hybridized carbons (Fsp3) is 0.278. The van der Waals surface area contributed by atoms with Gasteiger partial charge in [-0.1, -0.05) is 17.7 Å². The van der Waals surface area contributed by atoms with Crippen LogP contribution in [0.3, 0.4) is 0 Å². The van der Waals surface area contributed by atoms with Crippen LogP contribution in [0.4, 0.5) is 11.4 Å². The monoisotopic (exact) mass is 346 g/mol. The van der Waals surface area contributed by atoms with E-state index in [4.69, 9.17) is 21.1 Å². The second-order valence-corrected chi connectivity index (χ2v) is 5.80. The third-order valence-corrected chi connectivity index (χ3v) is 4.19. The lowest BCUT2D eigenvalue weighted by Gasteiger charge is -2.29. The molecular weight excluding hydrogens is 328 g/mol. The molecule has 1 N–H and O–H groups in total. The van der Waals surface area contributed by atoms with Crippen LogP contribution in [-0.4, -0.2) is 44.7 Å². The Morgan fingerprint density at radius 2 is 2.04 bits per heavy atom. The quantitative estimate of drug-likeness (QED) is 0.859. The van der Waals surface area contributed by atoms with Gasteiger partial charge in [-0.05, 0) is 30.3 Å². The predicted octanol–water partition coefficient (Wildman–Crippen LogP) is 3.64. The van der Waals surface area contributed by atoms with Gasteiger partial charge in [0.1, 0.15) is 0 Å². The average molecular weight is 347 g/mol. The molecule has 0 aliphatic carbocycles. The highest BCUT2D eigenvalue weighted by molar-refractivity contribution is 6.33. The molecule has 1 aliphatic heterocycles. The molecule has 0 amide bonds. The topological polar surface area (TPSA) is 54.3 Å². The maximum absolute atomic E-state index is 10.1. The highest BCUT2D eigenvalue weighted by Gasteiger charge is 2.14. The summed E-state index contributed by atoms with van der Waals surface area (Å²) in [4.78, 5) is 6.59. The number of hydrogen-bond donors (Lipinski definition) is 1. The van der Waals surface area contributed by atoms with Crippen LogP contribution in [0, 0.1) is 0 Å². The Hall–Kier alpha value is -2.24. The Labute approximate surface area is 146 Å². The van der Waals surface area contributed by atoms with Crippen molar-refractivity contribution in [2.24, 2.45) is 4.99 Å². The van der Waals surface area contributed by atoms with Gasteiger partial charge in [-0.2, -0.15) is 0 Å². The summed E-state index contributed by atoms with van der Waals surface area (Å²) >= 11 is 6.40. The van der Waals surface area contributed by atoms with Crippen molar-refractivity contribution in [3.8, 4) is 11.5 Å². The fourth-order valence-corrected chi connectivity index (χ4v) is 2.88. The predicted molar refractivity (Wildman–Crippen MR) is 96.4 cm³/mol. The number of benzene rings is 2. The normalized spacial score (nSPS) is 15.0. The van der Waals surface area contributed by atoms with Crippen molar-refractivity contribution in [3.63, 3.8) is 0 Å². The van der Waals surface area contributed by atoms with Crippen LogP contribution in [0.5, 0.6) is 11.5 Å². The van der Waals surface area contributed by atoms with Crippen molar-refractivity contribution in [2.45, 2.75) is 0 Å². The van der Waals surface area contributed by atoms with E-state index in [1.54, 1.807) is 24.4 Å². The van der Waals surface area contributed by atoms with E-state index >= 15 is 0 Å². The molecule has 24 heavy (non-hydrogen) atoms. The van der Waals surface area contributed by atoms with Crippen LogP contribution < -0.4 is 9.64 Å². The number of methoxy groups -OCH3 is 1.